The summed E-state index contributed by atoms with van der Waals surface area (Å²) in [5.41, 5.74) is 0.251. The van der Waals surface area contributed by atoms with Gasteiger partial charge < -0.3 is 15.7 Å². The Bertz CT molecular complexity index is 631. The Labute approximate surface area is 127 Å². The molecule has 0 radical (unpaired) electrons. The molecule has 0 aliphatic heterocycles. The molecule has 2 amide bonds. The number of rotatable bonds is 4. The molecule has 20 heavy (non-hydrogen) atoms. The molecule has 8 heteroatoms. The molecule has 104 valence electrons. The molecule has 1 heterocycles. The molecule has 2 rings (SSSR count). The first-order valence-corrected chi connectivity index (χ1v) is 7.19. The summed E-state index contributed by atoms with van der Waals surface area (Å²) in [6.45, 7) is 0.294. The summed E-state index contributed by atoms with van der Waals surface area (Å²) in [5.74, 6) is -1.11. The van der Waals surface area contributed by atoms with Gasteiger partial charge in [-0.3, -0.25) is 0 Å². The molecule has 0 saturated heterocycles. The molecular weight excluding hydrogens is 346 g/mol. The van der Waals surface area contributed by atoms with Crippen LogP contribution in [-0.2, 0) is 6.54 Å². The number of benzene rings is 1. The molecule has 0 spiro atoms. The fraction of sp³-hybridized carbons (Fsp3) is 0.0833. The number of urea groups is 1. The Kier molecular flexibility index (Phi) is 4.70. The van der Waals surface area contributed by atoms with Crippen molar-refractivity contribution in [2.24, 2.45) is 0 Å². The van der Waals surface area contributed by atoms with E-state index in [1.54, 1.807) is 12.3 Å². The highest BCUT2D eigenvalue weighted by Gasteiger charge is 2.13. The topological polar surface area (TPSA) is 91.3 Å². The maximum atomic E-state index is 11.7. The molecule has 6 nitrogen and oxygen atoms in total. The van der Waals surface area contributed by atoms with Crippen LogP contribution in [0, 0.1) is 0 Å². The van der Waals surface area contributed by atoms with Crippen LogP contribution in [0.15, 0.2) is 34.2 Å². The van der Waals surface area contributed by atoms with Crippen molar-refractivity contribution in [1.82, 2.24) is 10.3 Å². The van der Waals surface area contributed by atoms with Gasteiger partial charge in [0.05, 0.1) is 17.8 Å². The van der Waals surface area contributed by atoms with Crippen molar-refractivity contribution in [3.8, 4) is 0 Å². The molecule has 0 fully saturated rings. The lowest BCUT2D eigenvalue weighted by molar-refractivity contribution is 0.0698. The van der Waals surface area contributed by atoms with Gasteiger partial charge in [-0.05, 0) is 18.2 Å². The number of amides is 2. The highest BCUT2D eigenvalue weighted by molar-refractivity contribution is 9.10. The van der Waals surface area contributed by atoms with Crippen LogP contribution in [0.4, 0.5) is 10.5 Å². The van der Waals surface area contributed by atoms with Crippen molar-refractivity contribution >= 4 is 45.0 Å². The zero-order chi connectivity index (χ0) is 14.5. The van der Waals surface area contributed by atoms with Crippen LogP contribution < -0.4 is 10.6 Å². The lowest BCUT2D eigenvalue weighted by Crippen LogP contribution is -2.28. The predicted molar refractivity (Wildman–Crippen MR) is 79.1 cm³/mol. The quantitative estimate of drug-likeness (QED) is 0.786. The lowest BCUT2D eigenvalue weighted by atomic mass is 10.2. The van der Waals surface area contributed by atoms with Crippen LogP contribution in [-0.4, -0.2) is 22.1 Å². The van der Waals surface area contributed by atoms with E-state index < -0.39 is 12.0 Å². The number of thiazole rings is 1. The van der Waals surface area contributed by atoms with Crippen LogP contribution >= 0.6 is 27.3 Å². The van der Waals surface area contributed by atoms with Gasteiger partial charge in [-0.25, -0.2) is 14.6 Å². The molecule has 2 aromatic rings. The Morgan fingerprint density at radius 1 is 1.40 bits per heavy atom. The summed E-state index contributed by atoms with van der Waals surface area (Å²) in [6, 6.07) is 4.13. The number of aromatic carboxylic acids is 1. The number of aromatic nitrogens is 1. The van der Waals surface area contributed by atoms with Crippen LogP contribution in [0.1, 0.15) is 15.4 Å². The maximum absolute atomic E-state index is 11.7. The summed E-state index contributed by atoms with van der Waals surface area (Å²) in [6.07, 6.45) is 1.65. The molecule has 1 aromatic carbocycles. The number of nitrogens with zero attached hydrogens (tertiary/aromatic N) is 1. The third-order valence-corrected chi connectivity index (χ3v) is 3.62. The second-order valence-electron chi connectivity index (χ2n) is 3.73. The summed E-state index contributed by atoms with van der Waals surface area (Å²) in [4.78, 5) is 26.8. The number of carboxylic acid groups (broad SMARTS) is 1. The average Bonchev–Trinajstić information content (AvgIpc) is 2.91. The van der Waals surface area contributed by atoms with Crippen molar-refractivity contribution in [3.05, 3.63) is 44.8 Å². The zero-order valence-electron chi connectivity index (χ0n) is 10.1. The standard InChI is InChI=1S/C12H10BrN3O3S/c13-7-1-2-9(8(5-7)11(17)18)16-12(19)15-6-10-14-3-4-20-10/h1-5H,6H2,(H,17,18)(H2,15,16,19). The SMILES string of the molecule is O=C(NCc1nccs1)Nc1ccc(Br)cc1C(=O)O. The first-order valence-electron chi connectivity index (χ1n) is 5.52. The van der Waals surface area contributed by atoms with Gasteiger partial charge in [-0.15, -0.1) is 11.3 Å². The highest BCUT2D eigenvalue weighted by Crippen LogP contribution is 2.21. The van der Waals surface area contributed by atoms with Gasteiger partial charge in [0.25, 0.3) is 0 Å². The van der Waals surface area contributed by atoms with Crippen molar-refractivity contribution in [2.75, 3.05) is 5.32 Å². The van der Waals surface area contributed by atoms with Gasteiger partial charge >= 0.3 is 12.0 Å². The van der Waals surface area contributed by atoms with E-state index in [1.165, 1.54) is 23.5 Å². The number of halogens is 1. The van der Waals surface area contributed by atoms with Crippen LogP contribution in [0.2, 0.25) is 0 Å². The van der Waals surface area contributed by atoms with Gasteiger partial charge in [0.1, 0.15) is 5.01 Å². The minimum atomic E-state index is -1.11. The van der Waals surface area contributed by atoms with Crippen molar-refractivity contribution in [3.63, 3.8) is 0 Å². The molecule has 0 aliphatic rings. The molecule has 0 unspecified atom stereocenters. The van der Waals surface area contributed by atoms with Crippen LogP contribution in [0.3, 0.4) is 0 Å². The number of carbonyl (C=O) groups excluding carboxylic acids is 1. The van der Waals surface area contributed by atoms with E-state index in [1.807, 2.05) is 5.38 Å². The van der Waals surface area contributed by atoms with Crippen molar-refractivity contribution in [1.29, 1.82) is 0 Å². The van der Waals surface area contributed by atoms with E-state index in [-0.39, 0.29) is 11.3 Å². The van der Waals surface area contributed by atoms with Crippen molar-refractivity contribution < 1.29 is 14.7 Å². The van der Waals surface area contributed by atoms with Crippen molar-refractivity contribution in [2.45, 2.75) is 6.54 Å². The summed E-state index contributed by atoms with van der Waals surface area (Å²) in [5, 5.41) is 16.8. The number of hydrogen-bond acceptors (Lipinski definition) is 4. The first-order chi connectivity index (χ1) is 9.56. The van der Waals surface area contributed by atoms with Gasteiger partial charge in [0.2, 0.25) is 0 Å². The normalized spacial score (nSPS) is 10.1. The molecular formula is C12H10BrN3O3S. The van der Waals surface area contributed by atoms with E-state index in [4.69, 9.17) is 5.11 Å². The minimum absolute atomic E-state index is 0.0174. The maximum Gasteiger partial charge on any atom is 0.337 e. The number of carboxylic acids is 1. The predicted octanol–water partition coefficient (Wildman–Crippen LogP) is 2.93. The van der Waals surface area contributed by atoms with E-state index in [9.17, 15) is 9.59 Å². The van der Waals surface area contributed by atoms with Crippen LogP contribution in [0.25, 0.3) is 0 Å². The Hall–Kier alpha value is -1.93. The largest absolute Gasteiger partial charge is 0.478 e. The molecule has 0 saturated carbocycles. The third kappa shape index (κ3) is 3.78. The molecule has 0 atom stereocenters. The zero-order valence-corrected chi connectivity index (χ0v) is 12.5. The Balaban J connectivity index is 2.02. The van der Waals surface area contributed by atoms with E-state index >= 15 is 0 Å². The Morgan fingerprint density at radius 3 is 2.85 bits per heavy atom. The van der Waals surface area contributed by atoms with Gasteiger partial charge in [-0.2, -0.15) is 0 Å². The summed E-state index contributed by atoms with van der Waals surface area (Å²) in [7, 11) is 0. The third-order valence-electron chi connectivity index (χ3n) is 2.34. The Morgan fingerprint density at radius 2 is 2.20 bits per heavy atom. The number of hydrogen-bond donors (Lipinski definition) is 3. The van der Waals surface area contributed by atoms with Gasteiger partial charge in [-0.1, -0.05) is 15.9 Å². The van der Waals surface area contributed by atoms with Gasteiger partial charge in [0, 0.05) is 16.0 Å². The molecule has 1 aromatic heterocycles. The van der Waals surface area contributed by atoms with E-state index in [0.29, 0.717) is 11.0 Å². The number of nitrogens with one attached hydrogen (secondary N) is 2. The number of anilines is 1. The molecule has 0 bridgehead atoms. The second kappa shape index (κ2) is 6.49. The number of carbonyl (C=O) groups is 2. The highest BCUT2D eigenvalue weighted by atomic mass is 79.9. The first kappa shape index (κ1) is 14.5. The van der Waals surface area contributed by atoms with E-state index in [0.717, 1.165) is 5.01 Å². The average molecular weight is 356 g/mol. The fourth-order valence-corrected chi connectivity index (χ4v) is 2.38. The smallest absolute Gasteiger partial charge is 0.337 e. The second-order valence-corrected chi connectivity index (χ2v) is 5.62. The van der Waals surface area contributed by atoms with Crippen LogP contribution in [0.5, 0.6) is 0 Å². The molecule has 3 N–H and O–H groups in total. The van der Waals surface area contributed by atoms with Gasteiger partial charge in [0.15, 0.2) is 0 Å². The fourth-order valence-electron chi connectivity index (χ4n) is 1.47. The van der Waals surface area contributed by atoms with E-state index in [2.05, 4.69) is 31.5 Å². The monoisotopic (exact) mass is 355 g/mol. The summed E-state index contributed by atoms with van der Waals surface area (Å²) >= 11 is 4.62. The minimum Gasteiger partial charge on any atom is -0.478 e. The lowest BCUT2D eigenvalue weighted by Gasteiger charge is -2.09. The molecule has 0 aliphatic carbocycles. The summed E-state index contributed by atoms with van der Waals surface area (Å²) < 4.78 is 0.628.